The van der Waals surface area contributed by atoms with Crippen molar-refractivity contribution in [1.29, 1.82) is 0 Å². The highest BCUT2D eigenvalue weighted by Gasteiger charge is 2.25. The summed E-state index contributed by atoms with van der Waals surface area (Å²) in [5, 5.41) is 7.05. The van der Waals surface area contributed by atoms with Crippen molar-refractivity contribution in [2.75, 3.05) is 26.7 Å². The van der Waals surface area contributed by atoms with Crippen molar-refractivity contribution >= 4 is 18.3 Å². The Hall–Kier alpha value is -1.79. The van der Waals surface area contributed by atoms with E-state index in [2.05, 4.69) is 10.5 Å². The first-order chi connectivity index (χ1) is 10.3. The Morgan fingerprint density at radius 1 is 1.41 bits per heavy atom. The molecule has 0 spiro atoms. The summed E-state index contributed by atoms with van der Waals surface area (Å²) in [6, 6.07) is 5.19. The van der Waals surface area contributed by atoms with Crippen LogP contribution in [-0.4, -0.2) is 42.6 Å². The number of furan rings is 1. The van der Waals surface area contributed by atoms with Crippen LogP contribution in [0.3, 0.4) is 0 Å². The fraction of sp³-hybridized carbons (Fsp3) is 0.467. The summed E-state index contributed by atoms with van der Waals surface area (Å²) < 4.78 is 10.4. The van der Waals surface area contributed by atoms with E-state index in [1.54, 1.807) is 24.5 Å². The van der Waals surface area contributed by atoms with E-state index in [-0.39, 0.29) is 18.3 Å². The molecule has 2 aromatic rings. The molecule has 1 fully saturated rings. The molecule has 0 saturated carbocycles. The molecule has 0 unspecified atom stereocenters. The summed E-state index contributed by atoms with van der Waals surface area (Å²) in [4.78, 5) is 14.2. The van der Waals surface area contributed by atoms with Gasteiger partial charge in [0.15, 0.2) is 11.5 Å². The molecule has 22 heavy (non-hydrogen) atoms. The summed E-state index contributed by atoms with van der Waals surface area (Å²) in [6.45, 7) is 2.55. The topological polar surface area (TPSA) is 71.5 Å². The van der Waals surface area contributed by atoms with Crippen molar-refractivity contribution < 1.29 is 13.7 Å². The van der Waals surface area contributed by atoms with E-state index < -0.39 is 0 Å². The van der Waals surface area contributed by atoms with E-state index in [0.29, 0.717) is 23.1 Å². The van der Waals surface area contributed by atoms with Gasteiger partial charge in [0.1, 0.15) is 0 Å². The number of aromatic nitrogens is 1. The van der Waals surface area contributed by atoms with Crippen LogP contribution < -0.4 is 5.32 Å². The van der Waals surface area contributed by atoms with Crippen LogP contribution in [0.25, 0.3) is 11.5 Å². The number of nitrogens with zero attached hydrogens (tertiary/aromatic N) is 2. The Bertz CT molecular complexity index is 589. The van der Waals surface area contributed by atoms with E-state index >= 15 is 0 Å². The Balaban J connectivity index is 0.00000176. The smallest absolute Gasteiger partial charge is 0.276 e. The average Bonchev–Trinajstić information content (AvgIpc) is 3.19. The van der Waals surface area contributed by atoms with Gasteiger partial charge >= 0.3 is 0 Å². The summed E-state index contributed by atoms with van der Waals surface area (Å²) in [5.74, 6) is 1.64. The van der Waals surface area contributed by atoms with Gasteiger partial charge in [0, 0.05) is 19.2 Å². The van der Waals surface area contributed by atoms with E-state index in [1.807, 2.05) is 11.9 Å². The minimum atomic E-state index is -0.0699. The van der Waals surface area contributed by atoms with Gasteiger partial charge in [-0.05, 0) is 44.5 Å². The molecule has 120 valence electrons. The number of nitrogens with one attached hydrogen (secondary N) is 1. The highest BCUT2D eigenvalue weighted by atomic mass is 35.5. The molecule has 1 aliphatic heterocycles. The van der Waals surface area contributed by atoms with Crippen molar-refractivity contribution in [2.45, 2.75) is 12.8 Å². The zero-order valence-electron chi connectivity index (χ0n) is 12.4. The van der Waals surface area contributed by atoms with Gasteiger partial charge in [0.2, 0.25) is 5.76 Å². The second-order valence-corrected chi connectivity index (χ2v) is 5.35. The van der Waals surface area contributed by atoms with E-state index in [4.69, 9.17) is 8.94 Å². The molecular weight excluding hydrogens is 306 g/mol. The predicted octanol–water partition coefficient (Wildman–Crippen LogP) is 2.43. The fourth-order valence-electron chi connectivity index (χ4n) is 2.70. The van der Waals surface area contributed by atoms with Crippen molar-refractivity contribution in [2.24, 2.45) is 5.92 Å². The average molecular weight is 326 g/mol. The number of carbonyl (C=O) groups is 1. The van der Waals surface area contributed by atoms with Crippen LogP contribution in [0.5, 0.6) is 0 Å². The second kappa shape index (κ2) is 7.47. The van der Waals surface area contributed by atoms with Crippen molar-refractivity contribution in [1.82, 2.24) is 15.4 Å². The largest absolute Gasteiger partial charge is 0.461 e. The summed E-state index contributed by atoms with van der Waals surface area (Å²) in [6.07, 6.45) is 3.61. The SMILES string of the molecule is CNCC1CCN(C(=O)c2cc(-c3ccco3)on2)CC1.Cl. The van der Waals surface area contributed by atoms with Crippen molar-refractivity contribution in [3.8, 4) is 11.5 Å². The van der Waals surface area contributed by atoms with Gasteiger partial charge in [-0.15, -0.1) is 12.4 Å². The maximum atomic E-state index is 12.4. The Morgan fingerprint density at radius 3 is 2.82 bits per heavy atom. The molecule has 0 aliphatic carbocycles. The van der Waals surface area contributed by atoms with Gasteiger partial charge < -0.3 is 19.2 Å². The van der Waals surface area contributed by atoms with Gasteiger partial charge in [0.05, 0.1) is 6.26 Å². The zero-order valence-corrected chi connectivity index (χ0v) is 13.3. The lowest BCUT2D eigenvalue weighted by Crippen LogP contribution is -2.40. The number of rotatable bonds is 4. The molecule has 1 saturated heterocycles. The number of amides is 1. The number of piperidine rings is 1. The standard InChI is InChI=1S/C15H19N3O3.ClH/c1-16-10-11-4-6-18(7-5-11)15(19)12-9-14(21-17-12)13-3-2-8-20-13;/h2-3,8-9,11,16H,4-7,10H2,1H3;1H. The van der Waals surface area contributed by atoms with Crippen LogP contribution in [0, 0.1) is 5.92 Å². The summed E-state index contributed by atoms with van der Waals surface area (Å²) in [5.41, 5.74) is 0.341. The monoisotopic (exact) mass is 325 g/mol. The number of halogens is 1. The van der Waals surface area contributed by atoms with E-state index in [1.165, 1.54) is 0 Å². The molecular formula is C15H20ClN3O3. The van der Waals surface area contributed by atoms with Crippen LogP contribution in [0.2, 0.25) is 0 Å². The molecule has 1 amide bonds. The lowest BCUT2D eigenvalue weighted by Gasteiger charge is -2.31. The first kappa shape index (κ1) is 16.6. The highest BCUT2D eigenvalue weighted by Crippen LogP contribution is 2.23. The molecule has 6 nitrogen and oxygen atoms in total. The summed E-state index contributed by atoms with van der Waals surface area (Å²) in [7, 11) is 1.96. The van der Waals surface area contributed by atoms with Crippen LogP contribution in [0.15, 0.2) is 33.4 Å². The minimum absolute atomic E-state index is 0. The molecule has 0 bridgehead atoms. The molecule has 0 radical (unpaired) electrons. The van der Waals surface area contributed by atoms with Gasteiger partial charge in [-0.3, -0.25) is 4.79 Å². The zero-order chi connectivity index (χ0) is 14.7. The quantitative estimate of drug-likeness (QED) is 0.934. The lowest BCUT2D eigenvalue weighted by molar-refractivity contribution is 0.0680. The molecule has 2 aromatic heterocycles. The van der Waals surface area contributed by atoms with Crippen molar-refractivity contribution in [3.05, 3.63) is 30.2 Å². The maximum Gasteiger partial charge on any atom is 0.276 e. The lowest BCUT2D eigenvalue weighted by atomic mass is 9.96. The number of likely N-dealkylation sites (tertiary alicyclic amines) is 1. The van der Waals surface area contributed by atoms with Gasteiger partial charge in [0.25, 0.3) is 5.91 Å². The molecule has 3 rings (SSSR count). The van der Waals surface area contributed by atoms with Crippen LogP contribution in [0.1, 0.15) is 23.3 Å². The molecule has 1 N–H and O–H groups in total. The number of carbonyl (C=O) groups excluding carboxylic acids is 1. The third-order valence-corrected chi connectivity index (χ3v) is 3.89. The highest BCUT2D eigenvalue weighted by molar-refractivity contribution is 5.93. The van der Waals surface area contributed by atoms with Crippen LogP contribution >= 0.6 is 12.4 Å². The number of hydrogen-bond acceptors (Lipinski definition) is 5. The molecule has 1 aliphatic rings. The van der Waals surface area contributed by atoms with Crippen LogP contribution in [-0.2, 0) is 0 Å². The van der Waals surface area contributed by atoms with Gasteiger partial charge in [-0.1, -0.05) is 5.16 Å². The van der Waals surface area contributed by atoms with Crippen LogP contribution in [0.4, 0.5) is 0 Å². The third kappa shape index (κ3) is 3.51. The Kier molecular flexibility index (Phi) is 5.63. The van der Waals surface area contributed by atoms with E-state index in [9.17, 15) is 4.79 Å². The molecule has 7 heteroatoms. The third-order valence-electron chi connectivity index (χ3n) is 3.89. The number of hydrogen-bond donors (Lipinski definition) is 1. The fourth-order valence-corrected chi connectivity index (χ4v) is 2.70. The maximum absolute atomic E-state index is 12.4. The Morgan fingerprint density at radius 2 is 2.18 bits per heavy atom. The molecule has 3 heterocycles. The normalized spacial score (nSPS) is 15.6. The Labute approximate surface area is 135 Å². The van der Waals surface area contributed by atoms with Gasteiger partial charge in [-0.2, -0.15) is 0 Å². The second-order valence-electron chi connectivity index (χ2n) is 5.35. The first-order valence-electron chi connectivity index (χ1n) is 7.22. The van der Waals surface area contributed by atoms with E-state index in [0.717, 1.165) is 32.5 Å². The summed E-state index contributed by atoms with van der Waals surface area (Å²) >= 11 is 0. The van der Waals surface area contributed by atoms with Gasteiger partial charge in [-0.25, -0.2) is 0 Å². The molecule has 0 aromatic carbocycles. The predicted molar refractivity (Wildman–Crippen MR) is 84.0 cm³/mol. The first-order valence-corrected chi connectivity index (χ1v) is 7.22. The van der Waals surface area contributed by atoms with Crippen molar-refractivity contribution in [3.63, 3.8) is 0 Å². The minimum Gasteiger partial charge on any atom is -0.461 e. The molecule has 0 atom stereocenters.